The molecule has 1 atom stereocenters. The van der Waals surface area contributed by atoms with E-state index in [1.807, 2.05) is 36.0 Å². The van der Waals surface area contributed by atoms with Crippen LogP contribution in [0.3, 0.4) is 0 Å². The zero-order valence-electron chi connectivity index (χ0n) is 15.5. The van der Waals surface area contributed by atoms with Crippen molar-refractivity contribution in [2.45, 2.75) is 31.8 Å². The highest BCUT2D eigenvalue weighted by atomic mass is 16.1. The summed E-state index contributed by atoms with van der Waals surface area (Å²) in [6, 6.07) is 20.8. The Labute approximate surface area is 159 Å². The zero-order valence-corrected chi connectivity index (χ0v) is 15.5. The van der Waals surface area contributed by atoms with Gasteiger partial charge in [0.2, 0.25) is 5.91 Å². The maximum Gasteiger partial charge on any atom is 0.220 e. The third kappa shape index (κ3) is 4.03. The summed E-state index contributed by atoms with van der Waals surface area (Å²) in [5, 5.41) is 11.2. The molecule has 2 N–H and O–H groups in total. The summed E-state index contributed by atoms with van der Waals surface area (Å²) < 4.78 is 1.92. The van der Waals surface area contributed by atoms with Gasteiger partial charge in [0.25, 0.3) is 0 Å². The highest BCUT2D eigenvalue weighted by Crippen LogP contribution is 2.26. The number of carbonyl (C=O) groups is 1. The molecule has 5 nitrogen and oxygen atoms in total. The van der Waals surface area contributed by atoms with Crippen LogP contribution in [0.25, 0.3) is 11.3 Å². The molecule has 1 unspecified atom stereocenters. The number of hydrogen-bond donors (Lipinski definition) is 2. The van der Waals surface area contributed by atoms with Gasteiger partial charge in [0.15, 0.2) is 0 Å². The molecular weight excluding hydrogens is 336 g/mol. The number of nitrogens with one attached hydrogen (secondary N) is 2. The first kappa shape index (κ1) is 17.3. The van der Waals surface area contributed by atoms with E-state index < -0.39 is 0 Å². The van der Waals surface area contributed by atoms with Crippen molar-refractivity contribution in [2.75, 3.05) is 5.32 Å². The lowest BCUT2D eigenvalue weighted by Gasteiger charge is -2.24. The number of aromatic nitrogens is 2. The fraction of sp³-hybridized carbons (Fsp3) is 0.273. The van der Waals surface area contributed by atoms with Crippen LogP contribution in [0.15, 0.2) is 60.7 Å². The van der Waals surface area contributed by atoms with Gasteiger partial charge in [0.05, 0.1) is 24.0 Å². The molecule has 4 rings (SSSR count). The smallest absolute Gasteiger partial charge is 0.220 e. The summed E-state index contributed by atoms with van der Waals surface area (Å²) in [5.41, 5.74) is 5.42. The number of amides is 1. The summed E-state index contributed by atoms with van der Waals surface area (Å²) in [4.78, 5) is 11.7. The molecule has 0 radical (unpaired) electrons. The van der Waals surface area contributed by atoms with Crippen molar-refractivity contribution in [1.29, 1.82) is 0 Å². The lowest BCUT2D eigenvalue weighted by molar-refractivity contribution is -0.123. The maximum absolute atomic E-state index is 11.7. The number of anilines is 1. The van der Waals surface area contributed by atoms with Crippen LogP contribution in [0.2, 0.25) is 0 Å². The van der Waals surface area contributed by atoms with Crippen molar-refractivity contribution in [3.05, 3.63) is 71.9 Å². The lowest BCUT2D eigenvalue weighted by atomic mass is 9.97. The molecule has 138 valence electrons. The minimum absolute atomic E-state index is 0.120. The monoisotopic (exact) mass is 360 g/mol. The Morgan fingerprint density at radius 3 is 2.81 bits per heavy atom. The van der Waals surface area contributed by atoms with Crippen LogP contribution in [0.5, 0.6) is 0 Å². The highest BCUT2D eigenvalue weighted by Gasteiger charge is 2.19. The Kier molecular flexibility index (Phi) is 4.92. The van der Waals surface area contributed by atoms with E-state index in [9.17, 15) is 4.79 Å². The number of hydrogen-bond acceptors (Lipinski definition) is 3. The summed E-state index contributed by atoms with van der Waals surface area (Å²) in [6.45, 7) is 0.691. The summed E-state index contributed by atoms with van der Waals surface area (Å²) in [6.07, 6.45) is 2.58. The molecule has 2 heterocycles. The van der Waals surface area contributed by atoms with Crippen LogP contribution in [0.4, 0.5) is 5.69 Å². The van der Waals surface area contributed by atoms with E-state index in [4.69, 9.17) is 0 Å². The van der Waals surface area contributed by atoms with Crippen LogP contribution in [-0.4, -0.2) is 15.7 Å². The lowest BCUT2D eigenvalue weighted by Crippen LogP contribution is -2.32. The predicted octanol–water partition coefficient (Wildman–Crippen LogP) is 4.04. The van der Waals surface area contributed by atoms with E-state index in [1.54, 1.807) is 0 Å². The Hall–Kier alpha value is -3.08. The molecular formula is C22H24N4O. The molecule has 0 aliphatic carbocycles. The molecule has 1 aliphatic heterocycles. The molecule has 2 aromatic carbocycles. The molecule has 3 aromatic rings. The quantitative estimate of drug-likeness (QED) is 0.722. The van der Waals surface area contributed by atoms with Crippen LogP contribution in [0, 0.1) is 0 Å². The van der Waals surface area contributed by atoms with Crippen LogP contribution >= 0.6 is 0 Å². The number of piperidine rings is 1. The zero-order chi connectivity index (χ0) is 18.6. The Balaban J connectivity index is 1.45. The average molecular weight is 360 g/mol. The number of carbonyl (C=O) groups excluding carboxylic acids is 1. The highest BCUT2D eigenvalue weighted by molar-refractivity contribution is 5.77. The van der Waals surface area contributed by atoms with Gasteiger partial charge in [-0.25, -0.2) is 0 Å². The Morgan fingerprint density at radius 1 is 1.15 bits per heavy atom. The SMILES string of the molecule is Cn1nc(-c2ccccc2)cc1CNc1cccc(C2CCCC(=O)N2)c1. The number of aryl methyl sites for hydroxylation is 1. The first-order valence-corrected chi connectivity index (χ1v) is 9.40. The molecule has 0 saturated carbocycles. The number of rotatable bonds is 5. The van der Waals surface area contributed by atoms with Gasteiger partial charge in [0.1, 0.15) is 0 Å². The third-order valence-electron chi connectivity index (χ3n) is 5.04. The standard InChI is InChI=1S/C22H24N4O/c1-26-19(14-21(25-26)16-7-3-2-4-8-16)15-23-18-10-5-9-17(13-18)20-11-6-12-22(27)24-20/h2-5,7-10,13-14,20,23H,6,11-12,15H2,1H3,(H,24,27). The third-order valence-corrected chi connectivity index (χ3v) is 5.04. The Morgan fingerprint density at radius 2 is 2.00 bits per heavy atom. The van der Waals surface area contributed by atoms with Crippen molar-refractivity contribution in [3.63, 3.8) is 0 Å². The minimum Gasteiger partial charge on any atom is -0.379 e. The van der Waals surface area contributed by atoms with E-state index in [1.165, 1.54) is 0 Å². The van der Waals surface area contributed by atoms with Gasteiger partial charge < -0.3 is 10.6 Å². The van der Waals surface area contributed by atoms with Crippen molar-refractivity contribution in [3.8, 4) is 11.3 Å². The van der Waals surface area contributed by atoms with E-state index in [0.717, 1.165) is 41.0 Å². The van der Waals surface area contributed by atoms with E-state index in [0.29, 0.717) is 13.0 Å². The number of benzene rings is 2. The Bertz CT molecular complexity index is 932. The van der Waals surface area contributed by atoms with Gasteiger partial charge in [-0.1, -0.05) is 42.5 Å². The van der Waals surface area contributed by atoms with E-state index >= 15 is 0 Å². The molecule has 27 heavy (non-hydrogen) atoms. The van der Waals surface area contributed by atoms with Gasteiger partial charge in [0, 0.05) is 24.7 Å². The van der Waals surface area contributed by atoms with Gasteiger partial charge >= 0.3 is 0 Å². The van der Waals surface area contributed by atoms with Gasteiger partial charge in [-0.05, 0) is 36.6 Å². The van der Waals surface area contributed by atoms with Crippen molar-refractivity contribution in [1.82, 2.24) is 15.1 Å². The second kappa shape index (κ2) is 7.66. The summed E-state index contributed by atoms with van der Waals surface area (Å²) >= 11 is 0. The number of nitrogens with zero attached hydrogens (tertiary/aromatic N) is 2. The van der Waals surface area contributed by atoms with Crippen molar-refractivity contribution < 1.29 is 4.79 Å². The molecule has 1 saturated heterocycles. The first-order chi connectivity index (χ1) is 13.2. The molecule has 5 heteroatoms. The van der Waals surface area contributed by atoms with Crippen molar-refractivity contribution in [2.24, 2.45) is 7.05 Å². The summed E-state index contributed by atoms with van der Waals surface area (Å²) in [5.74, 6) is 0.146. The molecule has 1 fully saturated rings. The van der Waals surface area contributed by atoms with Gasteiger partial charge in [-0.15, -0.1) is 0 Å². The summed E-state index contributed by atoms with van der Waals surface area (Å²) in [7, 11) is 1.97. The first-order valence-electron chi connectivity index (χ1n) is 9.40. The van der Waals surface area contributed by atoms with Gasteiger partial charge in [-0.3, -0.25) is 9.48 Å². The fourth-order valence-electron chi connectivity index (χ4n) is 3.53. The second-order valence-electron chi connectivity index (χ2n) is 7.00. The molecule has 0 bridgehead atoms. The fourth-order valence-corrected chi connectivity index (χ4v) is 3.53. The minimum atomic E-state index is 0.120. The maximum atomic E-state index is 11.7. The van der Waals surface area contributed by atoms with Crippen LogP contribution in [-0.2, 0) is 18.4 Å². The van der Waals surface area contributed by atoms with Crippen LogP contribution in [0.1, 0.15) is 36.6 Å². The normalized spacial score (nSPS) is 16.8. The second-order valence-corrected chi connectivity index (χ2v) is 7.00. The largest absolute Gasteiger partial charge is 0.379 e. The van der Waals surface area contributed by atoms with E-state index in [-0.39, 0.29) is 11.9 Å². The topological polar surface area (TPSA) is 59.0 Å². The average Bonchev–Trinajstić information content (AvgIpc) is 3.08. The molecule has 1 aromatic heterocycles. The molecule has 1 amide bonds. The van der Waals surface area contributed by atoms with Gasteiger partial charge in [-0.2, -0.15) is 5.10 Å². The molecule has 1 aliphatic rings. The predicted molar refractivity (Wildman–Crippen MR) is 107 cm³/mol. The molecule has 0 spiro atoms. The van der Waals surface area contributed by atoms with Crippen LogP contribution < -0.4 is 10.6 Å². The van der Waals surface area contributed by atoms with Crippen molar-refractivity contribution >= 4 is 11.6 Å². The van der Waals surface area contributed by atoms with E-state index in [2.05, 4.69) is 52.1 Å².